The summed E-state index contributed by atoms with van der Waals surface area (Å²) in [5.74, 6) is -0.644. The van der Waals surface area contributed by atoms with Gasteiger partial charge in [-0.25, -0.2) is 4.39 Å². The molecule has 0 spiro atoms. The summed E-state index contributed by atoms with van der Waals surface area (Å²) in [6.07, 6.45) is 4.38. The summed E-state index contributed by atoms with van der Waals surface area (Å²) in [5.41, 5.74) is 8.68. The number of hydrogen-bond acceptors (Lipinski definition) is 2. The molecule has 2 aromatic carbocycles. The van der Waals surface area contributed by atoms with E-state index in [0.29, 0.717) is 17.5 Å². The molecule has 3 rings (SSSR count). The van der Waals surface area contributed by atoms with Gasteiger partial charge in [0, 0.05) is 11.6 Å². The third kappa shape index (κ3) is 2.96. The number of hydrogen-bond donors (Lipinski definition) is 2. The number of halogens is 2. The highest BCUT2D eigenvalue weighted by atomic mass is 35.5. The van der Waals surface area contributed by atoms with Crippen LogP contribution in [-0.2, 0) is 0 Å². The minimum atomic E-state index is -0.774. The first-order valence-electron chi connectivity index (χ1n) is 7.59. The lowest BCUT2D eigenvalue weighted by molar-refractivity contribution is 0.395. The molecule has 1 aliphatic carbocycles. The van der Waals surface area contributed by atoms with Gasteiger partial charge in [-0.3, -0.25) is 0 Å². The molecule has 0 bridgehead atoms. The molecule has 1 aliphatic rings. The molecule has 4 heteroatoms. The Bertz CT molecular complexity index is 664. The molecule has 22 heavy (non-hydrogen) atoms. The Kier molecular flexibility index (Phi) is 4.37. The fraction of sp³-hybridized carbons (Fsp3) is 0.333. The second-order valence-electron chi connectivity index (χ2n) is 5.99. The zero-order valence-electron chi connectivity index (χ0n) is 12.2. The van der Waals surface area contributed by atoms with Gasteiger partial charge in [-0.05, 0) is 54.9 Å². The van der Waals surface area contributed by atoms with Crippen LogP contribution < -0.4 is 5.73 Å². The predicted molar refractivity (Wildman–Crippen MR) is 87.7 cm³/mol. The third-order valence-electron chi connectivity index (χ3n) is 4.53. The van der Waals surface area contributed by atoms with Crippen LogP contribution in [0, 0.1) is 5.82 Å². The highest BCUT2D eigenvalue weighted by Crippen LogP contribution is 2.36. The largest absolute Gasteiger partial charge is 0.505 e. The monoisotopic (exact) mass is 319 g/mol. The summed E-state index contributed by atoms with van der Waals surface area (Å²) in [6, 6.07) is 11.4. The van der Waals surface area contributed by atoms with Gasteiger partial charge in [0.1, 0.15) is 0 Å². The van der Waals surface area contributed by atoms with Gasteiger partial charge in [0.2, 0.25) is 0 Å². The van der Waals surface area contributed by atoms with Crippen LogP contribution in [0.5, 0.6) is 5.75 Å². The van der Waals surface area contributed by atoms with E-state index in [2.05, 4.69) is 12.1 Å². The Labute approximate surface area is 134 Å². The molecule has 0 heterocycles. The van der Waals surface area contributed by atoms with E-state index in [1.165, 1.54) is 11.6 Å². The lowest BCUT2D eigenvalue weighted by atomic mass is 9.82. The van der Waals surface area contributed by atoms with Crippen LogP contribution in [0.25, 0.3) is 11.1 Å². The third-order valence-corrected chi connectivity index (χ3v) is 4.90. The van der Waals surface area contributed by atoms with Crippen LogP contribution in [0.3, 0.4) is 0 Å². The molecule has 1 saturated carbocycles. The second-order valence-corrected chi connectivity index (χ2v) is 6.37. The molecular weight excluding hydrogens is 301 g/mol. The number of benzene rings is 2. The van der Waals surface area contributed by atoms with Crippen molar-refractivity contribution in [1.29, 1.82) is 0 Å². The maximum atomic E-state index is 13.7. The summed E-state index contributed by atoms with van der Waals surface area (Å²) >= 11 is 5.99. The van der Waals surface area contributed by atoms with Crippen LogP contribution in [-0.4, -0.2) is 11.1 Å². The molecule has 0 amide bonds. The minimum Gasteiger partial charge on any atom is -0.505 e. The first kappa shape index (κ1) is 15.3. The van der Waals surface area contributed by atoms with Gasteiger partial charge in [-0.1, -0.05) is 35.9 Å². The molecule has 0 aliphatic heterocycles. The topological polar surface area (TPSA) is 46.2 Å². The van der Waals surface area contributed by atoms with Gasteiger partial charge in [0.05, 0.1) is 5.02 Å². The maximum absolute atomic E-state index is 13.7. The van der Waals surface area contributed by atoms with Gasteiger partial charge in [-0.15, -0.1) is 0 Å². The van der Waals surface area contributed by atoms with E-state index in [1.54, 1.807) is 6.07 Å². The number of phenols is 1. The van der Waals surface area contributed by atoms with E-state index >= 15 is 0 Å². The average Bonchev–Trinajstić information content (AvgIpc) is 2.54. The van der Waals surface area contributed by atoms with Gasteiger partial charge in [0.15, 0.2) is 11.6 Å². The predicted octanol–water partition coefficient (Wildman–Crippen LogP) is 4.84. The summed E-state index contributed by atoms with van der Waals surface area (Å²) in [7, 11) is 0. The fourth-order valence-corrected chi connectivity index (χ4v) is 3.42. The van der Waals surface area contributed by atoms with Crippen LogP contribution in [0.15, 0.2) is 36.4 Å². The highest BCUT2D eigenvalue weighted by molar-refractivity contribution is 6.33. The molecule has 0 unspecified atom stereocenters. The lowest BCUT2D eigenvalue weighted by Crippen LogP contribution is -2.25. The highest BCUT2D eigenvalue weighted by Gasteiger charge is 2.20. The number of nitrogens with two attached hydrogens (primary N) is 1. The molecular formula is C18H19ClFNO. The smallest absolute Gasteiger partial charge is 0.183 e. The van der Waals surface area contributed by atoms with Gasteiger partial charge in [-0.2, -0.15) is 0 Å². The molecule has 2 aromatic rings. The van der Waals surface area contributed by atoms with Crippen molar-refractivity contribution >= 4 is 11.6 Å². The second kappa shape index (κ2) is 6.27. The summed E-state index contributed by atoms with van der Waals surface area (Å²) < 4.78 is 13.7. The van der Waals surface area contributed by atoms with Crippen LogP contribution in [0.1, 0.15) is 37.2 Å². The molecule has 0 aromatic heterocycles. The Morgan fingerprint density at radius 2 is 1.64 bits per heavy atom. The standard InChI is InChI=1S/C18H19ClFNO/c19-17-15(9-10-16(22)18(17)20)13-3-1-11(2-4-13)12-5-7-14(21)8-6-12/h1-4,9-10,12,14,22H,5-8,21H2. The molecule has 116 valence electrons. The molecule has 3 N–H and O–H groups in total. The van der Waals surface area contributed by atoms with Gasteiger partial charge in [0.25, 0.3) is 0 Å². The zero-order valence-corrected chi connectivity index (χ0v) is 13.0. The number of aromatic hydroxyl groups is 1. The van der Waals surface area contributed by atoms with Crippen molar-refractivity contribution in [2.75, 3.05) is 0 Å². The van der Waals surface area contributed by atoms with Gasteiger partial charge >= 0.3 is 0 Å². The van der Waals surface area contributed by atoms with E-state index < -0.39 is 11.6 Å². The fourth-order valence-electron chi connectivity index (χ4n) is 3.15. The van der Waals surface area contributed by atoms with Gasteiger partial charge < -0.3 is 10.8 Å². The normalized spacial score (nSPS) is 21.8. The van der Waals surface area contributed by atoms with Crippen LogP contribution in [0.4, 0.5) is 4.39 Å². The van der Waals surface area contributed by atoms with Crippen LogP contribution >= 0.6 is 11.6 Å². The Morgan fingerprint density at radius 1 is 1.00 bits per heavy atom. The van der Waals surface area contributed by atoms with Crippen molar-refractivity contribution < 1.29 is 9.50 Å². The first-order chi connectivity index (χ1) is 10.6. The molecule has 0 saturated heterocycles. The number of rotatable bonds is 2. The van der Waals surface area contributed by atoms with Crippen molar-refractivity contribution in [3.63, 3.8) is 0 Å². The quantitative estimate of drug-likeness (QED) is 0.832. The van der Waals surface area contributed by atoms with Crippen LogP contribution in [0.2, 0.25) is 5.02 Å². The average molecular weight is 320 g/mol. The van der Waals surface area contributed by atoms with Crippen molar-refractivity contribution in [2.24, 2.45) is 5.73 Å². The van der Waals surface area contributed by atoms with Crippen molar-refractivity contribution in [1.82, 2.24) is 0 Å². The van der Waals surface area contributed by atoms with E-state index in [0.717, 1.165) is 31.2 Å². The molecule has 0 radical (unpaired) electrons. The molecule has 2 nitrogen and oxygen atoms in total. The first-order valence-corrected chi connectivity index (χ1v) is 7.97. The summed E-state index contributed by atoms with van der Waals surface area (Å²) in [4.78, 5) is 0. The maximum Gasteiger partial charge on any atom is 0.183 e. The summed E-state index contributed by atoms with van der Waals surface area (Å²) in [5, 5.41) is 9.29. The molecule has 1 fully saturated rings. The Hall–Kier alpha value is -1.58. The van der Waals surface area contributed by atoms with Crippen molar-refractivity contribution in [2.45, 2.75) is 37.6 Å². The zero-order chi connectivity index (χ0) is 15.7. The van der Waals surface area contributed by atoms with Crippen molar-refractivity contribution in [3.05, 3.63) is 52.8 Å². The Balaban J connectivity index is 1.84. The van der Waals surface area contributed by atoms with E-state index in [-0.39, 0.29) is 5.02 Å². The lowest BCUT2D eigenvalue weighted by Gasteiger charge is -2.26. The molecule has 0 atom stereocenters. The Morgan fingerprint density at radius 3 is 2.27 bits per heavy atom. The van der Waals surface area contributed by atoms with E-state index in [9.17, 15) is 9.50 Å². The van der Waals surface area contributed by atoms with Crippen molar-refractivity contribution in [3.8, 4) is 16.9 Å². The van der Waals surface area contributed by atoms with E-state index in [1.807, 2.05) is 12.1 Å². The van der Waals surface area contributed by atoms with E-state index in [4.69, 9.17) is 17.3 Å². The SMILES string of the molecule is NC1CCC(c2ccc(-c3ccc(O)c(F)c3Cl)cc2)CC1. The number of phenolic OH excluding ortho intramolecular Hbond substituents is 1. The minimum absolute atomic E-state index is 0.0450. The summed E-state index contributed by atoms with van der Waals surface area (Å²) in [6.45, 7) is 0.